The Morgan fingerprint density at radius 1 is 1.12 bits per heavy atom. The number of nitrogens with one attached hydrogen (secondary N) is 1. The lowest BCUT2D eigenvalue weighted by Crippen LogP contribution is -2.39. The van der Waals surface area contributed by atoms with Crippen LogP contribution in [0.2, 0.25) is 0 Å². The normalized spacial score (nSPS) is 16.2. The van der Waals surface area contributed by atoms with Crippen molar-refractivity contribution in [2.75, 3.05) is 16.8 Å². The minimum absolute atomic E-state index is 0. The average Bonchev–Trinajstić information content (AvgIpc) is 3.41. The molecular weight excluding hydrogens is 554 g/mol. The van der Waals surface area contributed by atoms with Crippen molar-refractivity contribution in [3.05, 3.63) is 47.8 Å². The maximum absolute atomic E-state index is 13.3. The van der Waals surface area contributed by atoms with E-state index in [1.807, 2.05) is 40.8 Å². The summed E-state index contributed by atoms with van der Waals surface area (Å²) in [5, 5.41) is 17.6. The predicted molar refractivity (Wildman–Crippen MR) is 165 cm³/mol. The molecule has 0 aliphatic carbocycles. The fourth-order valence-corrected chi connectivity index (χ4v) is 4.76. The van der Waals surface area contributed by atoms with Gasteiger partial charge in [-0.2, -0.15) is 23.9 Å². The molecule has 3 aromatic rings. The van der Waals surface area contributed by atoms with Crippen LogP contribution in [0.15, 0.2) is 36.7 Å². The maximum atomic E-state index is 13.3. The lowest BCUT2D eigenvalue weighted by Gasteiger charge is -2.28. The van der Waals surface area contributed by atoms with Crippen LogP contribution in [0, 0.1) is 11.3 Å². The van der Waals surface area contributed by atoms with Crippen LogP contribution in [-0.2, 0) is 26.7 Å². The van der Waals surface area contributed by atoms with Crippen LogP contribution in [0.3, 0.4) is 0 Å². The molecular formula is C30H39N7O4S. The Hall–Kier alpha value is -4.11. The number of carbonyl (C=O) groups is 2. The van der Waals surface area contributed by atoms with Crippen LogP contribution in [0.4, 0.5) is 22.2 Å². The van der Waals surface area contributed by atoms with Crippen LogP contribution >= 0.6 is 13.5 Å². The molecule has 1 aliphatic heterocycles. The van der Waals surface area contributed by atoms with Crippen molar-refractivity contribution in [1.82, 2.24) is 19.7 Å². The van der Waals surface area contributed by atoms with E-state index in [9.17, 15) is 14.9 Å². The van der Waals surface area contributed by atoms with Gasteiger partial charge in [0.05, 0.1) is 16.9 Å². The first-order chi connectivity index (χ1) is 19.1. The largest absolute Gasteiger partial charge is 0.460 e. The third-order valence-corrected chi connectivity index (χ3v) is 6.48. The molecule has 1 aromatic carbocycles. The van der Waals surface area contributed by atoms with Crippen LogP contribution in [-0.4, -0.2) is 49.6 Å². The summed E-state index contributed by atoms with van der Waals surface area (Å²) in [5.41, 5.74) is 0.830. The highest BCUT2D eigenvalue weighted by Crippen LogP contribution is 2.47. The van der Waals surface area contributed by atoms with E-state index in [0.717, 1.165) is 5.56 Å². The van der Waals surface area contributed by atoms with Gasteiger partial charge in [-0.1, -0.05) is 6.92 Å². The van der Waals surface area contributed by atoms with E-state index in [-0.39, 0.29) is 32.4 Å². The number of esters is 1. The summed E-state index contributed by atoms with van der Waals surface area (Å²) in [5.74, 6) is 0.621. The molecule has 2 aromatic heterocycles. The number of nitriles is 1. The summed E-state index contributed by atoms with van der Waals surface area (Å²) in [6.45, 7) is 13.1. The Bertz CT molecular complexity index is 1520. The quantitative estimate of drug-likeness (QED) is 0.355. The number of anilines is 3. The van der Waals surface area contributed by atoms with Crippen molar-refractivity contribution in [1.29, 1.82) is 5.26 Å². The number of hydrogen-bond donors (Lipinski definition) is 1. The summed E-state index contributed by atoms with van der Waals surface area (Å²) in [6, 6.07) is 9.47. The van der Waals surface area contributed by atoms with Gasteiger partial charge in [-0.05, 0) is 71.7 Å². The fraction of sp³-hybridized carbons (Fsp3) is 0.467. The zero-order valence-electron chi connectivity index (χ0n) is 25.4. The number of aromatic nitrogens is 4. The van der Waals surface area contributed by atoms with Crippen molar-refractivity contribution in [3.8, 4) is 17.3 Å². The highest BCUT2D eigenvalue weighted by molar-refractivity contribution is 7.59. The maximum Gasteiger partial charge on any atom is 0.414 e. The number of hydrogen-bond acceptors (Lipinski definition) is 9. The number of amides is 1. The lowest BCUT2D eigenvalue weighted by molar-refractivity contribution is -0.155. The average molecular weight is 594 g/mol. The zero-order chi connectivity index (χ0) is 30.2. The molecule has 0 unspecified atom stereocenters. The Morgan fingerprint density at radius 3 is 2.40 bits per heavy atom. The van der Waals surface area contributed by atoms with Gasteiger partial charge in [0.1, 0.15) is 17.3 Å². The van der Waals surface area contributed by atoms with Gasteiger partial charge in [-0.15, -0.1) is 0 Å². The molecule has 224 valence electrons. The topological polar surface area (TPSA) is 135 Å². The molecule has 0 saturated heterocycles. The summed E-state index contributed by atoms with van der Waals surface area (Å²) < 4.78 is 12.9. The predicted octanol–water partition coefficient (Wildman–Crippen LogP) is 5.74. The number of fused-ring (bicyclic) bond motifs is 1. The first-order valence-electron chi connectivity index (χ1n) is 13.5. The highest BCUT2D eigenvalue weighted by Gasteiger charge is 2.45. The summed E-state index contributed by atoms with van der Waals surface area (Å²) in [4.78, 5) is 36.5. The van der Waals surface area contributed by atoms with Gasteiger partial charge in [0.15, 0.2) is 5.82 Å². The van der Waals surface area contributed by atoms with Crippen molar-refractivity contribution in [3.63, 3.8) is 0 Å². The molecule has 1 atom stereocenters. The van der Waals surface area contributed by atoms with Crippen LogP contribution in [0.25, 0.3) is 11.3 Å². The molecule has 42 heavy (non-hydrogen) atoms. The molecule has 4 rings (SSSR count). The van der Waals surface area contributed by atoms with E-state index < -0.39 is 22.7 Å². The number of benzene rings is 1. The summed E-state index contributed by atoms with van der Waals surface area (Å²) in [7, 11) is 1.82. The second-order valence-corrected chi connectivity index (χ2v) is 12.5. The van der Waals surface area contributed by atoms with Crippen molar-refractivity contribution in [2.45, 2.75) is 77.9 Å². The number of aryl methyl sites for hydroxylation is 1. The van der Waals surface area contributed by atoms with Crippen molar-refractivity contribution >= 4 is 43.0 Å². The number of rotatable bonds is 6. The first-order valence-corrected chi connectivity index (χ1v) is 13.5. The second kappa shape index (κ2) is 12.0. The minimum Gasteiger partial charge on any atom is -0.460 e. The zero-order valence-corrected chi connectivity index (χ0v) is 26.4. The first kappa shape index (κ1) is 32.4. The Morgan fingerprint density at radius 2 is 1.81 bits per heavy atom. The second-order valence-electron chi connectivity index (χ2n) is 12.5. The van der Waals surface area contributed by atoms with Gasteiger partial charge in [-0.25, -0.2) is 14.8 Å². The van der Waals surface area contributed by atoms with Gasteiger partial charge in [-0.3, -0.25) is 14.4 Å². The third-order valence-electron chi connectivity index (χ3n) is 6.48. The van der Waals surface area contributed by atoms with Gasteiger partial charge < -0.3 is 14.8 Å². The van der Waals surface area contributed by atoms with Crippen molar-refractivity contribution in [2.24, 2.45) is 7.05 Å². The monoisotopic (exact) mass is 593 g/mol. The van der Waals surface area contributed by atoms with E-state index in [1.54, 1.807) is 56.0 Å². The van der Waals surface area contributed by atoms with Gasteiger partial charge in [0.25, 0.3) is 0 Å². The fourth-order valence-electron chi connectivity index (χ4n) is 4.76. The summed E-state index contributed by atoms with van der Waals surface area (Å²) >= 11 is 0. The van der Waals surface area contributed by atoms with Gasteiger partial charge in [0, 0.05) is 49.5 Å². The standard InChI is InChI=1S/C30H37N7O4.H2S/c1-28(2,3)40-24(38)9-12-30(7)18-37(27(39)41-29(4,5)6)25-20(17-31)15-19(16-21(25)30)22-10-13-32-26(33-22)34-23-11-14-36(8)35-23;/h10-11,13-16H,9,12,18H2,1-8H3,(H,32,33,34,35);1H2/t30-;/m0./s1. The highest BCUT2D eigenvalue weighted by atomic mass is 32.1. The van der Waals surface area contributed by atoms with E-state index in [0.29, 0.717) is 40.7 Å². The number of nitrogens with zero attached hydrogens (tertiary/aromatic N) is 6. The smallest absolute Gasteiger partial charge is 0.414 e. The van der Waals surface area contributed by atoms with Crippen LogP contribution in [0.5, 0.6) is 0 Å². The number of ether oxygens (including phenoxy) is 2. The minimum atomic E-state index is -0.725. The molecule has 3 heterocycles. The molecule has 0 saturated carbocycles. The van der Waals surface area contributed by atoms with Gasteiger partial charge in [0.2, 0.25) is 5.95 Å². The molecule has 12 heteroatoms. The molecule has 0 spiro atoms. The number of carbonyl (C=O) groups excluding carboxylic acids is 2. The Balaban J connectivity index is 0.00000484. The van der Waals surface area contributed by atoms with E-state index in [1.165, 1.54) is 4.90 Å². The van der Waals surface area contributed by atoms with E-state index in [2.05, 4.69) is 26.5 Å². The molecule has 0 fully saturated rings. The Labute approximate surface area is 253 Å². The van der Waals surface area contributed by atoms with Crippen LogP contribution < -0.4 is 10.2 Å². The van der Waals surface area contributed by atoms with Crippen molar-refractivity contribution < 1.29 is 19.1 Å². The van der Waals surface area contributed by atoms with E-state index >= 15 is 0 Å². The molecule has 1 N–H and O–H groups in total. The van der Waals surface area contributed by atoms with E-state index in [4.69, 9.17) is 9.47 Å². The molecule has 0 radical (unpaired) electrons. The summed E-state index contributed by atoms with van der Waals surface area (Å²) in [6.07, 6.45) is 3.43. The molecule has 0 bridgehead atoms. The SMILES string of the molecule is Cn1ccc(Nc2nccc(-c3cc(C#N)c4c(c3)[C@@](C)(CCC(=O)OC(C)(C)C)CN4C(=O)OC(C)(C)C)n2)n1.S. The van der Waals surface area contributed by atoms with Gasteiger partial charge >= 0.3 is 12.1 Å². The Kier molecular flexibility index (Phi) is 9.27. The lowest BCUT2D eigenvalue weighted by atomic mass is 9.79. The molecule has 1 amide bonds. The molecule has 1 aliphatic rings. The molecule has 11 nitrogen and oxygen atoms in total. The van der Waals surface area contributed by atoms with Crippen LogP contribution in [0.1, 0.15) is 72.4 Å². The third kappa shape index (κ3) is 7.59.